The van der Waals surface area contributed by atoms with E-state index in [4.69, 9.17) is 11.6 Å². The summed E-state index contributed by atoms with van der Waals surface area (Å²) >= 11 is 7.19. The zero-order valence-electron chi connectivity index (χ0n) is 5.45. The van der Waals surface area contributed by atoms with Crippen molar-refractivity contribution in [1.82, 2.24) is 0 Å². The maximum absolute atomic E-state index is 11.0. The molecule has 4 heteroatoms. The number of fused-ring (bicyclic) bond motifs is 1. The highest BCUT2D eigenvalue weighted by molar-refractivity contribution is 7.17. The summed E-state index contributed by atoms with van der Waals surface area (Å²) in [5.41, 5.74) is 2.14. The van der Waals surface area contributed by atoms with E-state index in [1.165, 1.54) is 16.8 Å². The van der Waals surface area contributed by atoms with Gasteiger partial charge in [-0.05, 0) is 6.07 Å². The summed E-state index contributed by atoms with van der Waals surface area (Å²) in [4.78, 5) is 0. The van der Waals surface area contributed by atoms with Crippen LogP contribution in [0.3, 0.4) is 0 Å². The first-order chi connectivity index (χ1) is 5.29. The Bertz CT molecular complexity index is 398. The third kappa shape index (κ3) is 0.968. The Labute approximate surface area is 72.2 Å². The van der Waals surface area contributed by atoms with Crippen molar-refractivity contribution in [1.29, 1.82) is 0 Å². The van der Waals surface area contributed by atoms with Crippen LogP contribution >= 0.6 is 22.9 Å². The minimum Gasteiger partial charge on any atom is -0.618 e. The molecule has 0 saturated carbocycles. The van der Waals surface area contributed by atoms with Crippen LogP contribution < -0.4 is 4.73 Å². The quantitative estimate of drug-likeness (QED) is 0.457. The highest BCUT2D eigenvalue weighted by Gasteiger charge is 2.07. The van der Waals surface area contributed by atoms with Crippen LogP contribution in [0.25, 0.3) is 10.2 Å². The van der Waals surface area contributed by atoms with Crippen LogP contribution in [0, 0.1) is 5.21 Å². The van der Waals surface area contributed by atoms with E-state index in [1.54, 1.807) is 18.2 Å². The summed E-state index contributed by atoms with van der Waals surface area (Å²) in [5, 5.41) is 11.6. The van der Waals surface area contributed by atoms with Crippen LogP contribution in [-0.4, -0.2) is 0 Å². The van der Waals surface area contributed by atoms with E-state index in [0.717, 1.165) is 9.43 Å². The van der Waals surface area contributed by atoms with E-state index >= 15 is 0 Å². The molecule has 0 aliphatic rings. The Kier molecular flexibility index (Phi) is 1.47. The standard InChI is InChI=1S/C7H4ClNOS/c8-5-2-1-3-6-7(5)11-4-9(6)10/h1-4H. The van der Waals surface area contributed by atoms with Gasteiger partial charge in [-0.15, -0.1) is 0 Å². The molecular weight excluding hydrogens is 182 g/mol. The first kappa shape index (κ1) is 6.88. The number of aromatic nitrogens is 1. The number of thiazole rings is 1. The summed E-state index contributed by atoms with van der Waals surface area (Å²) in [7, 11) is 0. The molecule has 0 aliphatic heterocycles. The minimum atomic E-state index is 0.641. The van der Waals surface area contributed by atoms with Crippen molar-refractivity contribution in [2.24, 2.45) is 0 Å². The van der Waals surface area contributed by atoms with E-state index < -0.39 is 0 Å². The summed E-state index contributed by atoms with van der Waals surface area (Å²) in [6.45, 7) is 0. The average molecular weight is 186 g/mol. The Balaban J connectivity index is 2.94. The van der Waals surface area contributed by atoms with Gasteiger partial charge in [0.05, 0.1) is 5.02 Å². The molecule has 2 aromatic rings. The number of hydrogen-bond acceptors (Lipinski definition) is 2. The molecular formula is C7H4ClNOS. The van der Waals surface area contributed by atoms with Crippen LogP contribution in [0.5, 0.6) is 0 Å². The normalized spacial score (nSPS) is 10.6. The number of benzene rings is 1. The zero-order valence-corrected chi connectivity index (χ0v) is 7.02. The van der Waals surface area contributed by atoms with Gasteiger partial charge in [-0.1, -0.05) is 29.0 Å². The minimum absolute atomic E-state index is 0.641. The molecule has 56 valence electrons. The van der Waals surface area contributed by atoms with Gasteiger partial charge in [0.25, 0.3) is 0 Å². The number of nitrogens with zero attached hydrogens (tertiary/aromatic N) is 1. The number of hydrogen-bond donors (Lipinski definition) is 0. The SMILES string of the molecule is [O-][n+]1csc2c(Cl)cccc21. The molecule has 2 nitrogen and oxygen atoms in total. The van der Waals surface area contributed by atoms with Gasteiger partial charge in [0, 0.05) is 6.07 Å². The van der Waals surface area contributed by atoms with Crippen molar-refractivity contribution in [3.63, 3.8) is 0 Å². The highest BCUT2D eigenvalue weighted by atomic mass is 35.5. The number of rotatable bonds is 0. The molecule has 0 N–H and O–H groups in total. The molecule has 0 spiro atoms. The molecule has 0 radical (unpaired) electrons. The largest absolute Gasteiger partial charge is 0.618 e. The second kappa shape index (κ2) is 2.36. The molecule has 1 aromatic heterocycles. The van der Waals surface area contributed by atoms with Gasteiger partial charge in [0.1, 0.15) is 4.70 Å². The van der Waals surface area contributed by atoms with Crippen molar-refractivity contribution >= 4 is 33.2 Å². The van der Waals surface area contributed by atoms with E-state index in [2.05, 4.69) is 0 Å². The van der Waals surface area contributed by atoms with E-state index in [0.29, 0.717) is 10.5 Å². The third-order valence-corrected chi connectivity index (χ3v) is 2.84. The van der Waals surface area contributed by atoms with Gasteiger partial charge in [0.15, 0.2) is 0 Å². The van der Waals surface area contributed by atoms with Gasteiger partial charge in [-0.3, -0.25) is 0 Å². The van der Waals surface area contributed by atoms with Crippen LogP contribution in [0.15, 0.2) is 23.7 Å². The van der Waals surface area contributed by atoms with Crippen molar-refractivity contribution in [3.8, 4) is 0 Å². The highest BCUT2D eigenvalue weighted by Crippen LogP contribution is 2.24. The predicted molar refractivity (Wildman–Crippen MR) is 45.8 cm³/mol. The molecule has 0 fully saturated rings. The molecule has 0 saturated heterocycles. The summed E-state index contributed by atoms with van der Waals surface area (Å²) in [5.74, 6) is 0. The van der Waals surface area contributed by atoms with Gasteiger partial charge in [-0.2, -0.15) is 4.73 Å². The second-order valence-electron chi connectivity index (χ2n) is 2.14. The summed E-state index contributed by atoms with van der Waals surface area (Å²) < 4.78 is 1.68. The Morgan fingerprint density at radius 1 is 1.45 bits per heavy atom. The maximum atomic E-state index is 11.0. The molecule has 2 rings (SSSR count). The number of halogens is 1. The molecule has 0 aliphatic carbocycles. The third-order valence-electron chi connectivity index (χ3n) is 1.45. The lowest BCUT2D eigenvalue weighted by atomic mass is 10.3. The Morgan fingerprint density at radius 2 is 2.27 bits per heavy atom. The Morgan fingerprint density at radius 3 is 3.00 bits per heavy atom. The fourth-order valence-electron chi connectivity index (χ4n) is 0.945. The van der Waals surface area contributed by atoms with Crippen LogP contribution in [0.2, 0.25) is 5.02 Å². The van der Waals surface area contributed by atoms with Gasteiger partial charge >= 0.3 is 0 Å². The average Bonchev–Trinajstić information content (AvgIpc) is 2.35. The predicted octanol–water partition coefficient (Wildman–Crippen LogP) is 2.19. The lowest BCUT2D eigenvalue weighted by molar-refractivity contribution is -0.572. The summed E-state index contributed by atoms with van der Waals surface area (Å²) in [6.07, 6.45) is 0. The van der Waals surface area contributed by atoms with E-state index in [9.17, 15) is 5.21 Å². The zero-order chi connectivity index (χ0) is 7.84. The van der Waals surface area contributed by atoms with Crippen molar-refractivity contribution in [2.75, 3.05) is 0 Å². The Hall–Kier alpha value is -0.800. The maximum Gasteiger partial charge on any atom is 0.237 e. The van der Waals surface area contributed by atoms with Crippen molar-refractivity contribution < 1.29 is 4.73 Å². The van der Waals surface area contributed by atoms with Crippen molar-refractivity contribution in [2.45, 2.75) is 0 Å². The van der Waals surface area contributed by atoms with E-state index in [1.807, 2.05) is 0 Å². The van der Waals surface area contributed by atoms with Crippen LogP contribution in [0.1, 0.15) is 0 Å². The van der Waals surface area contributed by atoms with Gasteiger partial charge in [0.2, 0.25) is 11.0 Å². The fraction of sp³-hybridized carbons (Fsp3) is 0. The molecule has 1 heterocycles. The molecule has 11 heavy (non-hydrogen) atoms. The van der Waals surface area contributed by atoms with E-state index in [-0.39, 0.29) is 0 Å². The smallest absolute Gasteiger partial charge is 0.237 e. The van der Waals surface area contributed by atoms with Crippen LogP contribution in [0.4, 0.5) is 0 Å². The monoisotopic (exact) mass is 185 g/mol. The first-order valence-electron chi connectivity index (χ1n) is 3.04. The molecule has 0 unspecified atom stereocenters. The van der Waals surface area contributed by atoms with Crippen LogP contribution in [-0.2, 0) is 0 Å². The molecule has 1 aromatic carbocycles. The fourth-order valence-corrected chi connectivity index (χ4v) is 2.02. The summed E-state index contributed by atoms with van der Waals surface area (Å²) in [6, 6.07) is 5.30. The molecule has 0 amide bonds. The lowest BCUT2D eigenvalue weighted by Gasteiger charge is -1.90. The molecule has 0 bridgehead atoms. The van der Waals surface area contributed by atoms with Crippen molar-refractivity contribution in [3.05, 3.63) is 33.9 Å². The van der Waals surface area contributed by atoms with Gasteiger partial charge < -0.3 is 5.21 Å². The lowest BCUT2D eigenvalue weighted by Crippen LogP contribution is -2.21. The molecule has 0 atom stereocenters. The topological polar surface area (TPSA) is 26.9 Å². The first-order valence-corrected chi connectivity index (χ1v) is 4.29. The second-order valence-corrected chi connectivity index (χ2v) is 3.40. The van der Waals surface area contributed by atoms with Gasteiger partial charge in [-0.25, -0.2) is 0 Å².